The van der Waals surface area contributed by atoms with Crippen LogP contribution >= 0.6 is 11.6 Å². The number of anilines is 1. The molecule has 4 nitrogen and oxygen atoms in total. The van der Waals surface area contributed by atoms with E-state index in [0.717, 1.165) is 5.56 Å². The van der Waals surface area contributed by atoms with E-state index in [0.29, 0.717) is 22.8 Å². The summed E-state index contributed by atoms with van der Waals surface area (Å²) in [6, 6.07) is 14.6. The van der Waals surface area contributed by atoms with Crippen molar-refractivity contribution < 1.29 is 9.90 Å². The van der Waals surface area contributed by atoms with Gasteiger partial charge in [0, 0.05) is 5.02 Å². The molecule has 0 aliphatic rings. The SMILES string of the molecule is NN(Cc1ccccc1Cl)c1ccccc1CC(=O)O. The number of carboxylic acids is 1. The summed E-state index contributed by atoms with van der Waals surface area (Å²) in [7, 11) is 0. The van der Waals surface area contributed by atoms with E-state index in [1.54, 1.807) is 24.3 Å². The zero-order valence-electron chi connectivity index (χ0n) is 10.8. The fraction of sp³-hybridized carbons (Fsp3) is 0.133. The lowest BCUT2D eigenvalue weighted by Crippen LogP contribution is -2.31. The third-order valence-electron chi connectivity index (χ3n) is 2.94. The highest BCUT2D eigenvalue weighted by Crippen LogP contribution is 2.23. The maximum absolute atomic E-state index is 10.9. The minimum atomic E-state index is -0.886. The predicted octanol–water partition coefficient (Wildman–Crippen LogP) is 2.85. The number of nitrogens with zero attached hydrogens (tertiary/aromatic N) is 1. The molecule has 5 heteroatoms. The van der Waals surface area contributed by atoms with Crippen LogP contribution in [0.15, 0.2) is 48.5 Å². The molecule has 0 aromatic heterocycles. The fourth-order valence-corrected chi connectivity index (χ4v) is 2.19. The third kappa shape index (κ3) is 3.50. The van der Waals surface area contributed by atoms with E-state index in [-0.39, 0.29) is 6.42 Å². The van der Waals surface area contributed by atoms with Crippen molar-refractivity contribution in [2.75, 3.05) is 5.01 Å². The van der Waals surface area contributed by atoms with Crippen molar-refractivity contribution in [3.05, 3.63) is 64.7 Å². The normalized spacial score (nSPS) is 10.3. The van der Waals surface area contributed by atoms with Crippen molar-refractivity contribution in [2.24, 2.45) is 5.84 Å². The smallest absolute Gasteiger partial charge is 0.307 e. The number of carbonyl (C=O) groups is 1. The molecule has 0 amide bonds. The van der Waals surface area contributed by atoms with E-state index < -0.39 is 5.97 Å². The summed E-state index contributed by atoms with van der Waals surface area (Å²) in [6.45, 7) is 0.413. The van der Waals surface area contributed by atoms with Crippen molar-refractivity contribution >= 4 is 23.3 Å². The Morgan fingerprint density at radius 1 is 1.10 bits per heavy atom. The molecular formula is C15H15ClN2O2. The Morgan fingerprint density at radius 3 is 2.35 bits per heavy atom. The molecule has 0 radical (unpaired) electrons. The maximum Gasteiger partial charge on any atom is 0.307 e. The largest absolute Gasteiger partial charge is 0.481 e. The van der Waals surface area contributed by atoms with Gasteiger partial charge in [0.15, 0.2) is 0 Å². The van der Waals surface area contributed by atoms with Crippen LogP contribution in [0, 0.1) is 0 Å². The number of aliphatic carboxylic acids is 1. The first-order chi connectivity index (χ1) is 9.58. The zero-order chi connectivity index (χ0) is 14.5. The summed E-state index contributed by atoms with van der Waals surface area (Å²) < 4.78 is 0. The first-order valence-corrected chi connectivity index (χ1v) is 6.51. The Bertz CT molecular complexity index is 616. The molecule has 0 spiro atoms. The van der Waals surface area contributed by atoms with Gasteiger partial charge >= 0.3 is 5.97 Å². The van der Waals surface area contributed by atoms with Crippen LogP contribution in [-0.2, 0) is 17.8 Å². The minimum Gasteiger partial charge on any atom is -0.481 e. The lowest BCUT2D eigenvalue weighted by Gasteiger charge is -2.22. The van der Waals surface area contributed by atoms with Gasteiger partial charge in [0.2, 0.25) is 0 Å². The second kappa shape index (κ2) is 6.41. The summed E-state index contributed by atoms with van der Waals surface area (Å²) in [4.78, 5) is 10.9. The minimum absolute atomic E-state index is 0.0631. The second-order valence-corrected chi connectivity index (χ2v) is 4.83. The predicted molar refractivity (Wildman–Crippen MR) is 79.6 cm³/mol. The molecule has 3 N–H and O–H groups in total. The lowest BCUT2D eigenvalue weighted by atomic mass is 10.1. The Hall–Kier alpha value is -2.04. The van der Waals surface area contributed by atoms with Crippen LogP contribution in [0.1, 0.15) is 11.1 Å². The number of hydrogen-bond donors (Lipinski definition) is 2. The molecule has 20 heavy (non-hydrogen) atoms. The van der Waals surface area contributed by atoms with Crippen LogP contribution in [0.25, 0.3) is 0 Å². The number of rotatable bonds is 5. The van der Waals surface area contributed by atoms with Crippen LogP contribution in [0.5, 0.6) is 0 Å². The van der Waals surface area contributed by atoms with Gasteiger partial charge in [0.25, 0.3) is 0 Å². The van der Waals surface area contributed by atoms with Gasteiger partial charge in [-0.05, 0) is 23.3 Å². The van der Waals surface area contributed by atoms with Crippen molar-refractivity contribution in [2.45, 2.75) is 13.0 Å². The number of nitrogens with two attached hydrogens (primary N) is 1. The Labute approximate surface area is 122 Å². The van der Waals surface area contributed by atoms with Crippen molar-refractivity contribution in [1.29, 1.82) is 0 Å². The quantitative estimate of drug-likeness (QED) is 0.656. The third-order valence-corrected chi connectivity index (χ3v) is 3.31. The van der Waals surface area contributed by atoms with E-state index in [1.807, 2.05) is 24.3 Å². The van der Waals surface area contributed by atoms with E-state index in [1.165, 1.54) is 5.01 Å². The van der Waals surface area contributed by atoms with Crippen molar-refractivity contribution in [3.63, 3.8) is 0 Å². The van der Waals surface area contributed by atoms with Crippen LogP contribution in [0.3, 0.4) is 0 Å². The summed E-state index contributed by atoms with van der Waals surface area (Å²) >= 11 is 6.10. The summed E-state index contributed by atoms with van der Waals surface area (Å²) in [6.07, 6.45) is -0.0631. The molecule has 2 rings (SSSR count). The summed E-state index contributed by atoms with van der Waals surface area (Å²) in [5.41, 5.74) is 2.26. The fourth-order valence-electron chi connectivity index (χ4n) is 2.00. The van der Waals surface area contributed by atoms with Crippen molar-refractivity contribution in [3.8, 4) is 0 Å². The first kappa shape index (κ1) is 14.4. The van der Waals surface area contributed by atoms with Gasteiger partial charge < -0.3 is 10.1 Å². The molecule has 0 atom stereocenters. The molecule has 0 bridgehead atoms. The lowest BCUT2D eigenvalue weighted by molar-refractivity contribution is -0.136. The average molecular weight is 291 g/mol. The summed E-state index contributed by atoms with van der Waals surface area (Å²) in [5, 5.41) is 11.1. The molecule has 104 valence electrons. The van der Waals surface area contributed by atoms with E-state index in [4.69, 9.17) is 22.6 Å². The molecule has 0 saturated carbocycles. The van der Waals surface area contributed by atoms with Crippen LogP contribution < -0.4 is 10.9 Å². The van der Waals surface area contributed by atoms with Gasteiger partial charge in [-0.25, -0.2) is 5.84 Å². The van der Waals surface area contributed by atoms with Crippen molar-refractivity contribution in [1.82, 2.24) is 0 Å². The van der Waals surface area contributed by atoms with Gasteiger partial charge in [-0.2, -0.15) is 0 Å². The molecule has 2 aromatic rings. The molecule has 0 aliphatic carbocycles. The number of carboxylic acid groups (broad SMARTS) is 1. The topological polar surface area (TPSA) is 66.6 Å². The number of benzene rings is 2. The average Bonchev–Trinajstić information content (AvgIpc) is 2.41. The number of para-hydroxylation sites is 1. The monoisotopic (exact) mass is 290 g/mol. The van der Waals surface area contributed by atoms with Gasteiger partial charge in [0.1, 0.15) is 0 Å². The number of hydrogen-bond acceptors (Lipinski definition) is 3. The number of halogens is 1. The van der Waals surface area contributed by atoms with Gasteiger partial charge in [-0.1, -0.05) is 48.0 Å². The van der Waals surface area contributed by atoms with E-state index in [9.17, 15) is 4.79 Å². The van der Waals surface area contributed by atoms with Gasteiger partial charge in [-0.15, -0.1) is 0 Å². The highest BCUT2D eigenvalue weighted by molar-refractivity contribution is 6.31. The highest BCUT2D eigenvalue weighted by atomic mass is 35.5. The molecule has 0 unspecified atom stereocenters. The standard InChI is InChI=1S/C15H15ClN2O2/c16-13-7-3-1-6-12(13)10-18(17)14-8-4-2-5-11(14)9-15(19)20/h1-8H,9-10,17H2,(H,19,20). The van der Waals surface area contributed by atoms with Crippen LogP contribution in [0.4, 0.5) is 5.69 Å². The highest BCUT2D eigenvalue weighted by Gasteiger charge is 2.11. The molecule has 0 aliphatic heterocycles. The molecule has 2 aromatic carbocycles. The molecular weight excluding hydrogens is 276 g/mol. The zero-order valence-corrected chi connectivity index (χ0v) is 11.5. The van der Waals surface area contributed by atoms with Gasteiger partial charge in [0.05, 0.1) is 18.7 Å². The number of hydrazine groups is 1. The molecule has 0 saturated heterocycles. The first-order valence-electron chi connectivity index (χ1n) is 6.13. The van der Waals surface area contributed by atoms with Gasteiger partial charge in [-0.3, -0.25) is 4.79 Å². The Morgan fingerprint density at radius 2 is 1.70 bits per heavy atom. The summed E-state index contributed by atoms with van der Waals surface area (Å²) in [5.74, 6) is 5.17. The van der Waals surface area contributed by atoms with E-state index >= 15 is 0 Å². The van der Waals surface area contributed by atoms with E-state index in [2.05, 4.69) is 0 Å². The van der Waals surface area contributed by atoms with Crippen LogP contribution in [-0.4, -0.2) is 11.1 Å². The second-order valence-electron chi connectivity index (χ2n) is 4.42. The Balaban J connectivity index is 2.23. The maximum atomic E-state index is 10.9. The molecule has 0 fully saturated rings. The molecule has 0 heterocycles. The Kier molecular flexibility index (Phi) is 4.61. The van der Waals surface area contributed by atoms with Crippen LogP contribution in [0.2, 0.25) is 5.02 Å².